The summed E-state index contributed by atoms with van der Waals surface area (Å²) in [5.74, 6) is -0.171. The van der Waals surface area contributed by atoms with Gasteiger partial charge in [0.25, 0.3) is 0 Å². The molecule has 1 N–H and O–H groups in total. The molecule has 1 aromatic carbocycles. The average Bonchev–Trinajstić information content (AvgIpc) is 2.73. The highest BCUT2D eigenvalue weighted by molar-refractivity contribution is 7.90. The van der Waals surface area contributed by atoms with Gasteiger partial charge >= 0.3 is 0 Å². The Bertz CT molecular complexity index is 1020. The topological polar surface area (TPSA) is 104 Å². The molecule has 0 bridgehead atoms. The van der Waals surface area contributed by atoms with E-state index in [0.29, 0.717) is 25.0 Å². The number of nitrogens with one attached hydrogen (secondary N) is 1. The predicted molar refractivity (Wildman–Crippen MR) is 137 cm³/mol. The minimum Gasteiger partial charge on any atom is -0.341 e. The lowest BCUT2D eigenvalue weighted by Crippen LogP contribution is -2.51. The third-order valence-electron chi connectivity index (χ3n) is 6.30. The van der Waals surface area contributed by atoms with Crippen molar-refractivity contribution in [3.8, 4) is 0 Å². The van der Waals surface area contributed by atoms with Gasteiger partial charge in [-0.1, -0.05) is 30.7 Å². The van der Waals surface area contributed by atoms with Crippen molar-refractivity contribution in [2.24, 2.45) is 5.92 Å². The summed E-state index contributed by atoms with van der Waals surface area (Å²) in [5.41, 5.74) is 1.21. The highest BCUT2D eigenvalue weighted by Gasteiger charge is 2.31. The van der Waals surface area contributed by atoms with Crippen LogP contribution in [-0.4, -0.2) is 89.1 Å². The average molecular weight is 536 g/mol. The van der Waals surface area contributed by atoms with Gasteiger partial charge in [-0.2, -0.15) is 0 Å². The van der Waals surface area contributed by atoms with E-state index in [1.807, 2.05) is 18.2 Å². The number of likely N-dealkylation sites (tertiary alicyclic amines) is 1. The Kier molecular flexibility index (Phi) is 10.8. The normalized spacial score (nSPS) is 17.6. The number of carbonyl (C=O) groups excluding carboxylic acids is 1. The molecule has 0 spiro atoms. The Labute approximate surface area is 210 Å². The Balaban J connectivity index is 1.93. The summed E-state index contributed by atoms with van der Waals surface area (Å²) in [6, 6.07) is 7.22. The molecule has 1 fully saturated rings. The van der Waals surface area contributed by atoms with Gasteiger partial charge in [0.1, 0.15) is 15.9 Å². The Morgan fingerprint density at radius 1 is 1.21 bits per heavy atom. The first-order chi connectivity index (χ1) is 15.8. The number of carbonyl (C=O) groups is 1. The minimum absolute atomic E-state index is 0.0741. The first-order valence-corrected chi connectivity index (χ1v) is 16.0. The van der Waals surface area contributed by atoms with Crippen LogP contribution >= 0.6 is 11.6 Å². The number of piperidine rings is 1. The fourth-order valence-electron chi connectivity index (χ4n) is 4.47. The molecular weight excluding hydrogens is 498 g/mol. The summed E-state index contributed by atoms with van der Waals surface area (Å²) in [7, 11) is -6.97. The number of benzene rings is 1. The summed E-state index contributed by atoms with van der Waals surface area (Å²) in [4.78, 5) is 17.1. The predicted octanol–water partition coefficient (Wildman–Crippen LogP) is 2.18. The molecule has 2 atom stereocenters. The number of sulfonamides is 1. The molecule has 0 radical (unpaired) electrons. The summed E-state index contributed by atoms with van der Waals surface area (Å²) in [5, 5.41) is 0.741. The molecule has 1 heterocycles. The van der Waals surface area contributed by atoms with Crippen LogP contribution in [0, 0.1) is 5.92 Å². The Morgan fingerprint density at radius 2 is 1.85 bits per heavy atom. The van der Waals surface area contributed by atoms with E-state index in [0.717, 1.165) is 49.9 Å². The Morgan fingerprint density at radius 3 is 2.38 bits per heavy atom. The number of halogens is 1. The van der Waals surface area contributed by atoms with Crippen LogP contribution in [0.2, 0.25) is 5.02 Å². The quantitative estimate of drug-likeness (QED) is 0.440. The molecule has 0 saturated carbocycles. The fraction of sp³-hybridized carbons (Fsp3) is 0.696. The van der Waals surface area contributed by atoms with E-state index in [1.165, 1.54) is 5.56 Å². The third kappa shape index (κ3) is 10.2. The molecule has 1 aromatic rings. The van der Waals surface area contributed by atoms with E-state index in [1.54, 1.807) is 4.90 Å². The first-order valence-electron chi connectivity index (χ1n) is 11.7. The maximum absolute atomic E-state index is 13.0. The van der Waals surface area contributed by atoms with E-state index in [-0.39, 0.29) is 18.1 Å². The van der Waals surface area contributed by atoms with E-state index in [9.17, 15) is 21.6 Å². The smallest absolute Gasteiger partial charge is 0.240 e. The standard InChI is InChI=1S/C23H38ClN3O5S2/c1-5-26(18(2)15-20-7-6-8-21(24)16-20)17-19-9-12-27(13-10-19)23(28)22(25-34(4,31)32)11-14-33(3,29)30/h6-8,16,18-19,22,25H,5,9-15,17H2,1-4H3/t18?,22-/m0/s1. The number of likely N-dealkylation sites (N-methyl/N-ethyl adjacent to an activating group) is 1. The molecule has 8 nitrogen and oxygen atoms in total. The van der Waals surface area contributed by atoms with Crippen LogP contribution in [0.4, 0.5) is 0 Å². The van der Waals surface area contributed by atoms with Crippen molar-refractivity contribution in [1.29, 1.82) is 0 Å². The zero-order chi connectivity index (χ0) is 25.5. The molecular formula is C23H38ClN3O5S2. The second kappa shape index (κ2) is 12.7. The van der Waals surface area contributed by atoms with E-state index in [4.69, 9.17) is 11.6 Å². The number of sulfone groups is 1. The summed E-state index contributed by atoms with van der Waals surface area (Å²) >= 11 is 6.12. The molecule has 1 saturated heterocycles. The van der Waals surface area contributed by atoms with Gasteiger partial charge in [-0.25, -0.2) is 21.6 Å². The molecule has 1 aliphatic heterocycles. The molecule has 194 valence electrons. The van der Waals surface area contributed by atoms with E-state index in [2.05, 4.69) is 29.5 Å². The van der Waals surface area contributed by atoms with Gasteiger partial charge in [0.2, 0.25) is 15.9 Å². The summed E-state index contributed by atoms with van der Waals surface area (Å²) in [6.07, 6.45) is 4.53. The van der Waals surface area contributed by atoms with Gasteiger partial charge in [0, 0.05) is 37.0 Å². The van der Waals surface area contributed by atoms with Crippen LogP contribution in [0.25, 0.3) is 0 Å². The van der Waals surface area contributed by atoms with Crippen LogP contribution in [-0.2, 0) is 31.1 Å². The largest absolute Gasteiger partial charge is 0.341 e. The molecule has 34 heavy (non-hydrogen) atoms. The number of rotatable bonds is 12. The second-order valence-electron chi connectivity index (χ2n) is 9.40. The second-order valence-corrected chi connectivity index (χ2v) is 13.9. The van der Waals surface area contributed by atoms with E-state index >= 15 is 0 Å². The maximum atomic E-state index is 13.0. The van der Waals surface area contributed by atoms with Crippen LogP contribution in [0.15, 0.2) is 24.3 Å². The van der Waals surface area contributed by atoms with Gasteiger partial charge in [-0.3, -0.25) is 4.79 Å². The van der Waals surface area contributed by atoms with E-state index < -0.39 is 25.9 Å². The summed E-state index contributed by atoms with van der Waals surface area (Å²) < 4.78 is 48.9. The number of hydrogen-bond acceptors (Lipinski definition) is 6. The van der Waals surface area contributed by atoms with Crippen LogP contribution < -0.4 is 4.72 Å². The van der Waals surface area contributed by atoms with Gasteiger partial charge in [0.15, 0.2) is 0 Å². The van der Waals surface area contributed by atoms with Crippen molar-refractivity contribution in [1.82, 2.24) is 14.5 Å². The van der Waals surface area contributed by atoms with Crippen molar-refractivity contribution in [2.75, 3.05) is 44.4 Å². The molecule has 0 aromatic heterocycles. The third-order valence-corrected chi connectivity index (χ3v) is 8.23. The zero-order valence-electron chi connectivity index (χ0n) is 20.5. The highest BCUT2D eigenvalue weighted by atomic mass is 35.5. The maximum Gasteiger partial charge on any atom is 0.240 e. The number of nitrogens with zero attached hydrogens (tertiary/aromatic N) is 2. The van der Waals surface area contributed by atoms with Crippen molar-refractivity contribution in [2.45, 2.75) is 51.6 Å². The lowest BCUT2D eigenvalue weighted by atomic mass is 9.94. The first kappa shape index (κ1) is 29.0. The van der Waals surface area contributed by atoms with Crippen LogP contribution in [0.5, 0.6) is 0 Å². The SMILES string of the molecule is CCN(CC1CCN(C(=O)[C@H](CCS(C)(=O)=O)NS(C)(=O)=O)CC1)C(C)Cc1cccc(Cl)c1. The number of amides is 1. The van der Waals surface area contributed by atoms with Gasteiger partial charge < -0.3 is 9.80 Å². The molecule has 0 aliphatic carbocycles. The highest BCUT2D eigenvalue weighted by Crippen LogP contribution is 2.22. The minimum atomic E-state index is -3.65. The molecule has 11 heteroatoms. The molecule has 2 rings (SSSR count). The van der Waals surface area contributed by atoms with Crippen molar-refractivity contribution in [3.63, 3.8) is 0 Å². The molecule has 1 aliphatic rings. The van der Waals surface area contributed by atoms with Crippen molar-refractivity contribution >= 4 is 37.4 Å². The molecule has 1 amide bonds. The van der Waals surface area contributed by atoms with Gasteiger partial charge in [0.05, 0.1) is 12.0 Å². The molecule has 1 unspecified atom stereocenters. The lowest BCUT2D eigenvalue weighted by Gasteiger charge is -2.37. The zero-order valence-corrected chi connectivity index (χ0v) is 22.9. The van der Waals surface area contributed by atoms with Gasteiger partial charge in [-0.15, -0.1) is 0 Å². The van der Waals surface area contributed by atoms with Crippen molar-refractivity contribution in [3.05, 3.63) is 34.9 Å². The van der Waals surface area contributed by atoms with Gasteiger partial charge in [-0.05, 0) is 62.8 Å². The van der Waals surface area contributed by atoms with Crippen LogP contribution in [0.1, 0.15) is 38.7 Å². The van der Waals surface area contributed by atoms with Crippen molar-refractivity contribution < 1.29 is 21.6 Å². The fourth-order valence-corrected chi connectivity index (χ4v) is 6.08. The summed E-state index contributed by atoms with van der Waals surface area (Å²) in [6.45, 7) is 7.28. The monoisotopic (exact) mass is 535 g/mol. The lowest BCUT2D eigenvalue weighted by molar-refractivity contribution is -0.134. The Hall–Kier alpha value is -1.20. The number of hydrogen-bond donors (Lipinski definition) is 1. The van der Waals surface area contributed by atoms with Crippen LogP contribution in [0.3, 0.4) is 0 Å².